The first-order chi connectivity index (χ1) is 20.3. The number of rotatable bonds is 26. The third-order valence-corrected chi connectivity index (χ3v) is 8.98. The maximum Gasteiger partial charge on any atom is 0.334 e. The van der Waals surface area contributed by atoms with E-state index in [1.807, 2.05) is 13.0 Å². The molecule has 244 valence electrons. The van der Waals surface area contributed by atoms with Crippen LogP contribution < -0.4 is 0 Å². The van der Waals surface area contributed by atoms with Crippen LogP contribution in [-0.2, 0) is 19.1 Å². The Bertz CT molecular complexity index is 766. The maximum absolute atomic E-state index is 12.2. The van der Waals surface area contributed by atoms with Crippen molar-refractivity contribution in [1.82, 2.24) is 0 Å². The van der Waals surface area contributed by atoms with Gasteiger partial charge in [0.15, 0.2) is 0 Å². The molecule has 42 heavy (non-hydrogen) atoms. The molecule has 0 aromatic carbocycles. The number of hydrogen-bond acceptors (Lipinski definition) is 7. The van der Waals surface area contributed by atoms with Crippen molar-refractivity contribution < 1.29 is 34.4 Å². The zero-order chi connectivity index (χ0) is 30.6. The number of unbranched alkanes of at least 4 members (excludes halogenated alkanes) is 11. The summed E-state index contributed by atoms with van der Waals surface area (Å²) in [7, 11) is 0. The summed E-state index contributed by atoms with van der Waals surface area (Å²) in [6.45, 7) is 4.08. The SMILES string of the molecule is CCCCCCCCCCCC[C@@H](O)[C@H]1CC[C@@H]([C@@H](O)CCCCC(=O)CCCCC(O)CCC2=C[C@H](C)OC2=O)O1. The molecule has 0 aromatic heterocycles. The topological polar surface area (TPSA) is 113 Å². The van der Waals surface area contributed by atoms with Crippen LogP contribution in [0.5, 0.6) is 0 Å². The van der Waals surface area contributed by atoms with Crippen molar-refractivity contribution in [2.24, 2.45) is 0 Å². The van der Waals surface area contributed by atoms with E-state index in [1.54, 1.807) is 0 Å². The van der Waals surface area contributed by atoms with Gasteiger partial charge in [0, 0.05) is 18.4 Å². The standard InChI is InChI=1S/C35H62O7/c1-3-4-5-6-7-8-9-10-11-12-20-31(38)33-24-25-34(42-33)32(39)21-16-15-18-29(36)17-13-14-19-30(37)23-22-28-26-27(2)41-35(28)40/h26-27,30-34,37-39H,3-25H2,1-2H3/t27-,30?,31+,32-,33+,34-/m0/s1. The van der Waals surface area contributed by atoms with E-state index in [9.17, 15) is 24.9 Å². The number of Topliss-reactive ketones (excluding diaryl/α,β-unsaturated/α-hetero) is 1. The molecular weight excluding hydrogens is 532 g/mol. The van der Waals surface area contributed by atoms with E-state index in [0.29, 0.717) is 44.1 Å². The summed E-state index contributed by atoms with van der Waals surface area (Å²) in [5, 5.41) is 31.4. The quantitative estimate of drug-likeness (QED) is 0.0713. The molecule has 3 N–H and O–H groups in total. The Balaban J connectivity index is 1.42. The van der Waals surface area contributed by atoms with Crippen LogP contribution in [0.1, 0.15) is 162 Å². The normalized spacial score (nSPS) is 22.6. The minimum atomic E-state index is -0.541. The molecule has 0 amide bonds. The van der Waals surface area contributed by atoms with Gasteiger partial charge in [-0.2, -0.15) is 0 Å². The van der Waals surface area contributed by atoms with Gasteiger partial charge in [-0.05, 0) is 70.8 Å². The van der Waals surface area contributed by atoms with Crippen molar-refractivity contribution in [1.29, 1.82) is 0 Å². The summed E-state index contributed by atoms with van der Waals surface area (Å²) in [4.78, 5) is 23.9. The lowest BCUT2D eigenvalue weighted by molar-refractivity contribution is -0.139. The van der Waals surface area contributed by atoms with Gasteiger partial charge in [-0.1, -0.05) is 84.0 Å². The smallest absolute Gasteiger partial charge is 0.334 e. The van der Waals surface area contributed by atoms with Crippen molar-refractivity contribution in [3.05, 3.63) is 11.6 Å². The number of carbonyl (C=O) groups is 2. The highest BCUT2D eigenvalue weighted by molar-refractivity contribution is 5.90. The Morgan fingerprint density at radius 3 is 1.79 bits per heavy atom. The second-order valence-corrected chi connectivity index (χ2v) is 12.9. The molecule has 1 unspecified atom stereocenters. The number of cyclic esters (lactones) is 1. The van der Waals surface area contributed by atoms with Crippen LogP contribution in [0.25, 0.3) is 0 Å². The average molecular weight is 595 g/mol. The lowest BCUT2D eigenvalue weighted by Gasteiger charge is -2.22. The molecule has 1 saturated heterocycles. The number of aliphatic hydroxyl groups is 3. The fraction of sp³-hybridized carbons (Fsp3) is 0.886. The molecule has 7 nitrogen and oxygen atoms in total. The summed E-state index contributed by atoms with van der Waals surface area (Å²) < 4.78 is 11.1. The van der Waals surface area contributed by atoms with Crippen molar-refractivity contribution >= 4 is 11.8 Å². The van der Waals surface area contributed by atoms with E-state index in [0.717, 1.165) is 51.4 Å². The Kier molecular flexibility index (Phi) is 19.6. The lowest BCUT2D eigenvalue weighted by atomic mass is 9.99. The van der Waals surface area contributed by atoms with E-state index in [1.165, 1.54) is 57.8 Å². The third-order valence-electron chi connectivity index (χ3n) is 8.98. The first-order valence-corrected chi connectivity index (χ1v) is 17.4. The monoisotopic (exact) mass is 594 g/mol. The van der Waals surface area contributed by atoms with E-state index < -0.39 is 18.3 Å². The molecule has 0 spiro atoms. The molecule has 0 aromatic rings. The molecule has 0 bridgehead atoms. The second-order valence-electron chi connectivity index (χ2n) is 12.9. The Morgan fingerprint density at radius 1 is 0.762 bits per heavy atom. The van der Waals surface area contributed by atoms with Gasteiger partial charge < -0.3 is 24.8 Å². The minimum absolute atomic E-state index is 0.164. The van der Waals surface area contributed by atoms with Crippen LogP contribution in [0.4, 0.5) is 0 Å². The summed E-state index contributed by atoms with van der Waals surface area (Å²) in [6, 6.07) is 0. The predicted octanol–water partition coefficient (Wildman–Crippen LogP) is 7.27. The molecule has 7 heteroatoms. The summed E-state index contributed by atoms with van der Waals surface area (Å²) >= 11 is 0. The molecule has 0 saturated carbocycles. The summed E-state index contributed by atoms with van der Waals surface area (Å²) in [6.07, 6.45) is 21.5. The van der Waals surface area contributed by atoms with Crippen molar-refractivity contribution in [2.45, 2.75) is 198 Å². The first-order valence-electron chi connectivity index (χ1n) is 17.4. The zero-order valence-electron chi connectivity index (χ0n) is 26.8. The Hall–Kier alpha value is -1.28. The van der Waals surface area contributed by atoms with E-state index in [-0.39, 0.29) is 30.1 Å². The van der Waals surface area contributed by atoms with Gasteiger partial charge in [-0.3, -0.25) is 4.79 Å². The number of hydrogen-bond donors (Lipinski definition) is 3. The fourth-order valence-electron chi connectivity index (χ4n) is 6.25. The molecule has 2 aliphatic heterocycles. The van der Waals surface area contributed by atoms with Gasteiger partial charge in [0.25, 0.3) is 0 Å². The fourth-order valence-corrected chi connectivity index (χ4v) is 6.25. The van der Waals surface area contributed by atoms with Crippen LogP contribution in [0.15, 0.2) is 11.6 Å². The zero-order valence-corrected chi connectivity index (χ0v) is 26.8. The van der Waals surface area contributed by atoms with Gasteiger partial charge in [-0.25, -0.2) is 4.79 Å². The van der Waals surface area contributed by atoms with Crippen LogP contribution in [-0.4, -0.2) is 63.7 Å². The Labute approximate surface area is 255 Å². The van der Waals surface area contributed by atoms with Gasteiger partial charge >= 0.3 is 5.97 Å². The molecular formula is C35H62O7. The van der Waals surface area contributed by atoms with Crippen molar-refractivity contribution in [2.75, 3.05) is 0 Å². The highest BCUT2D eigenvalue weighted by Gasteiger charge is 2.34. The molecule has 0 radical (unpaired) electrons. The van der Waals surface area contributed by atoms with Gasteiger partial charge in [0.1, 0.15) is 11.9 Å². The van der Waals surface area contributed by atoms with Crippen LogP contribution in [0.2, 0.25) is 0 Å². The van der Waals surface area contributed by atoms with Crippen molar-refractivity contribution in [3.8, 4) is 0 Å². The molecule has 1 fully saturated rings. The Morgan fingerprint density at radius 2 is 1.26 bits per heavy atom. The average Bonchev–Trinajstić information content (AvgIpc) is 3.59. The van der Waals surface area contributed by atoms with E-state index in [4.69, 9.17) is 9.47 Å². The molecule has 0 aliphatic carbocycles. The third kappa shape index (κ3) is 16.0. The largest absolute Gasteiger partial charge is 0.455 e. The van der Waals surface area contributed by atoms with Gasteiger partial charge in [-0.15, -0.1) is 0 Å². The van der Waals surface area contributed by atoms with Crippen LogP contribution in [0, 0.1) is 0 Å². The number of carbonyl (C=O) groups excluding carboxylic acids is 2. The van der Waals surface area contributed by atoms with Crippen molar-refractivity contribution in [3.63, 3.8) is 0 Å². The predicted molar refractivity (Wildman–Crippen MR) is 167 cm³/mol. The summed E-state index contributed by atoms with van der Waals surface area (Å²) in [5.74, 6) is -0.0412. The number of esters is 1. The molecule has 2 heterocycles. The number of ketones is 1. The van der Waals surface area contributed by atoms with E-state index in [2.05, 4.69) is 6.92 Å². The lowest BCUT2D eigenvalue weighted by Crippen LogP contribution is -2.31. The highest BCUT2D eigenvalue weighted by atomic mass is 16.5. The second kappa shape index (κ2) is 22.3. The minimum Gasteiger partial charge on any atom is -0.455 e. The summed E-state index contributed by atoms with van der Waals surface area (Å²) in [5.41, 5.74) is 0.651. The number of aliphatic hydroxyl groups excluding tert-OH is 3. The van der Waals surface area contributed by atoms with Crippen LogP contribution in [0.3, 0.4) is 0 Å². The maximum atomic E-state index is 12.2. The van der Waals surface area contributed by atoms with Gasteiger partial charge in [0.05, 0.1) is 30.5 Å². The molecule has 2 rings (SSSR count). The first kappa shape index (κ1) is 36.9. The molecule has 2 aliphatic rings. The van der Waals surface area contributed by atoms with E-state index >= 15 is 0 Å². The highest BCUT2D eigenvalue weighted by Crippen LogP contribution is 2.28. The number of ether oxygens (including phenoxy) is 2. The molecule has 6 atom stereocenters. The van der Waals surface area contributed by atoms with Gasteiger partial charge in [0.2, 0.25) is 0 Å². The van der Waals surface area contributed by atoms with Crippen LogP contribution >= 0.6 is 0 Å².